The SMILES string of the molecule is CCC1=Cc2occ(C)c2C(=O)C1=O. The molecule has 0 radical (unpaired) electrons. The van der Waals surface area contributed by atoms with Crippen LogP contribution < -0.4 is 0 Å². The Balaban J connectivity index is 2.65. The fourth-order valence-electron chi connectivity index (χ4n) is 1.61. The molecule has 1 aliphatic carbocycles. The Bertz CT molecular complexity index is 449. The Kier molecular flexibility index (Phi) is 1.88. The van der Waals surface area contributed by atoms with Gasteiger partial charge in [-0.1, -0.05) is 6.92 Å². The van der Waals surface area contributed by atoms with Crippen LogP contribution in [0.3, 0.4) is 0 Å². The molecule has 2 rings (SSSR count). The Labute approximate surface area is 81.4 Å². The van der Waals surface area contributed by atoms with E-state index in [1.54, 1.807) is 13.0 Å². The highest BCUT2D eigenvalue weighted by Gasteiger charge is 2.30. The second kappa shape index (κ2) is 2.94. The highest BCUT2D eigenvalue weighted by molar-refractivity contribution is 6.51. The van der Waals surface area contributed by atoms with Crippen molar-refractivity contribution >= 4 is 17.6 Å². The van der Waals surface area contributed by atoms with Gasteiger partial charge in [0.25, 0.3) is 0 Å². The summed E-state index contributed by atoms with van der Waals surface area (Å²) in [5.41, 5.74) is 1.67. The smallest absolute Gasteiger partial charge is 0.237 e. The minimum absolute atomic E-state index is 0.399. The number of Topliss-reactive ketones (excluding diaryl/α,β-unsaturated/α-hetero) is 2. The number of fused-ring (bicyclic) bond motifs is 1. The molecule has 0 saturated carbocycles. The van der Waals surface area contributed by atoms with Crippen LogP contribution in [0.4, 0.5) is 0 Å². The molecule has 72 valence electrons. The van der Waals surface area contributed by atoms with E-state index < -0.39 is 11.6 Å². The van der Waals surface area contributed by atoms with Gasteiger partial charge in [0.1, 0.15) is 5.76 Å². The third-order valence-corrected chi connectivity index (χ3v) is 2.41. The lowest BCUT2D eigenvalue weighted by Crippen LogP contribution is -2.20. The summed E-state index contributed by atoms with van der Waals surface area (Å²) in [6, 6.07) is 0. The molecule has 3 heteroatoms. The highest BCUT2D eigenvalue weighted by Crippen LogP contribution is 2.27. The number of carbonyl (C=O) groups excluding carboxylic acids is 2. The molecule has 0 saturated heterocycles. The minimum Gasteiger partial charge on any atom is -0.464 e. The standard InChI is InChI=1S/C11H10O3/c1-3-7-4-8-9(6(2)5-14-8)11(13)10(7)12/h4-5H,3H2,1-2H3. The lowest BCUT2D eigenvalue weighted by molar-refractivity contribution is -0.112. The predicted octanol–water partition coefficient (Wildman–Crippen LogP) is 2.15. The third kappa shape index (κ3) is 1.05. The maximum Gasteiger partial charge on any atom is 0.237 e. The maximum absolute atomic E-state index is 11.6. The van der Waals surface area contributed by atoms with E-state index in [4.69, 9.17) is 4.42 Å². The molecule has 0 aliphatic heterocycles. The van der Waals surface area contributed by atoms with Gasteiger partial charge in [0.15, 0.2) is 0 Å². The molecule has 1 aromatic rings. The van der Waals surface area contributed by atoms with Crippen molar-refractivity contribution in [3.63, 3.8) is 0 Å². The van der Waals surface area contributed by atoms with E-state index in [0.29, 0.717) is 23.3 Å². The zero-order chi connectivity index (χ0) is 10.3. The van der Waals surface area contributed by atoms with E-state index in [0.717, 1.165) is 5.56 Å². The van der Waals surface area contributed by atoms with Crippen LogP contribution in [-0.2, 0) is 4.79 Å². The quantitative estimate of drug-likeness (QED) is 0.637. The van der Waals surface area contributed by atoms with Crippen LogP contribution in [0.2, 0.25) is 0 Å². The molecule has 0 atom stereocenters. The number of allylic oxidation sites excluding steroid dienone is 1. The Morgan fingerprint density at radius 3 is 2.64 bits per heavy atom. The fourth-order valence-corrected chi connectivity index (χ4v) is 1.61. The number of furan rings is 1. The fraction of sp³-hybridized carbons (Fsp3) is 0.273. The van der Waals surface area contributed by atoms with Gasteiger partial charge in [-0.3, -0.25) is 9.59 Å². The number of carbonyl (C=O) groups is 2. The number of ketones is 2. The van der Waals surface area contributed by atoms with E-state index in [2.05, 4.69) is 0 Å². The molecule has 0 fully saturated rings. The molecule has 14 heavy (non-hydrogen) atoms. The summed E-state index contributed by atoms with van der Waals surface area (Å²) in [5.74, 6) is -0.320. The van der Waals surface area contributed by atoms with Crippen LogP contribution in [0.1, 0.15) is 35.0 Å². The van der Waals surface area contributed by atoms with Gasteiger partial charge < -0.3 is 4.42 Å². The summed E-state index contributed by atoms with van der Waals surface area (Å²) in [7, 11) is 0. The number of hydrogen-bond acceptors (Lipinski definition) is 3. The van der Waals surface area contributed by atoms with Crippen LogP contribution in [0.15, 0.2) is 16.3 Å². The van der Waals surface area contributed by atoms with Gasteiger partial charge >= 0.3 is 0 Å². The van der Waals surface area contributed by atoms with Gasteiger partial charge in [0.2, 0.25) is 11.6 Å². The monoisotopic (exact) mass is 190 g/mol. The van der Waals surface area contributed by atoms with Crippen molar-refractivity contribution in [3.8, 4) is 0 Å². The highest BCUT2D eigenvalue weighted by atomic mass is 16.3. The molecule has 0 aromatic carbocycles. The first kappa shape index (κ1) is 8.94. The summed E-state index contributed by atoms with van der Waals surface area (Å²) in [5, 5.41) is 0. The average molecular weight is 190 g/mol. The second-order valence-electron chi connectivity index (χ2n) is 3.34. The summed E-state index contributed by atoms with van der Waals surface area (Å²) in [6.07, 6.45) is 3.72. The normalized spacial score (nSPS) is 15.4. The average Bonchev–Trinajstić information content (AvgIpc) is 2.54. The molecular formula is C11H10O3. The van der Waals surface area contributed by atoms with E-state index >= 15 is 0 Å². The van der Waals surface area contributed by atoms with Crippen LogP contribution in [0.5, 0.6) is 0 Å². The number of hydrogen-bond donors (Lipinski definition) is 0. The first-order valence-corrected chi connectivity index (χ1v) is 4.52. The summed E-state index contributed by atoms with van der Waals surface area (Å²) in [6.45, 7) is 3.61. The number of rotatable bonds is 1. The molecule has 3 nitrogen and oxygen atoms in total. The molecule has 1 aromatic heterocycles. The lowest BCUT2D eigenvalue weighted by Gasteiger charge is -2.08. The van der Waals surface area contributed by atoms with Gasteiger partial charge in [-0.05, 0) is 25.0 Å². The zero-order valence-corrected chi connectivity index (χ0v) is 8.09. The molecule has 1 heterocycles. The van der Waals surface area contributed by atoms with Crippen molar-refractivity contribution in [1.29, 1.82) is 0 Å². The van der Waals surface area contributed by atoms with Gasteiger partial charge in [-0.2, -0.15) is 0 Å². The Morgan fingerprint density at radius 1 is 1.29 bits per heavy atom. The summed E-state index contributed by atoms with van der Waals surface area (Å²) >= 11 is 0. The first-order valence-electron chi connectivity index (χ1n) is 4.52. The molecule has 0 unspecified atom stereocenters. The van der Waals surface area contributed by atoms with E-state index in [1.807, 2.05) is 6.92 Å². The maximum atomic E-state index is 11.6. The van der Waals surface area contributed by atoms with Crippen molar-refractivity contribution in [2.75, 3.05) is 0 Å². The van der Waals surface area contributed by atoms with Gasteiger partial charge in [-0.15, -0.1) is 0 Å². The van der Waals surface area contributed by atoms with Gasteiger partial charge in [0, 0.05) is 5.57 Å². The van der Waals surface area contributed by atoms with Gasteiger partial charge in [-0.25, -0.2) is 0 Å². The predicted molar refractivity (Wildman–Crippen MR) is 51.1 cm³/mol. The second-order valence-corrected chi connectivity index (χ2v) is 3.34. The Morgan fingerprint density at radius 2 is 2.00 bits per heavy atom. The molecule has 0 N–H and O–H groups in total. The third-order valence-electron chi connectivity index (χ3n) is 2.41. The van der Waals surface area contributed by atoms with Crippen LogP contribution in [0, 0.1) is 6.92 Å². The van der Waals surface area contributed by atoms with Crippen molar-refractivity contribution in [2.24, 2.45) is 0 Å². The van der Waals surface area contributed by atoms with Crippen LogP contribution >= 0.6 is 0 Å². The topological polar surface area (TPSA) is 47.3 Å². The Hall–Kier alpha value is -1.64. The van der Waals surface area contributed by atoms with Crippen molar-refractivity contribution in [1.82, 2.24) is 0 Å². The molecule has 1 aliphatic rings. The van der Waals surface area contributed by atoms with Crippen molar-refractivity contribution in [2.45, 2.75) is 20.3 Å². The minimum atomic E-state index is -0.439. The molecule has 0 amide bonds. The van der Waals surface area contributed by atoms with Crippen molar-refractivity contribution < 1.29 is 14.0 Å². The molecular weight excluding hydrogens is 180 g/mol. The largest absolute Gasteiger partial charge is 0.464 e. The summed E-state index contributed by atoms with van der Waals surface area (Å²) in [4.78, 5) is 23.1. The van der Waals surface area contributed by atoms with Crippen molar-refractivity contribution in [3.05, 3.63) is 28.7 Å². The lowest BCUT2D eigenvalue weighted by atomic mass is 9.92. The van der Waals surface area contributed by atoms with E-state index in [1.165, 1.54) is 6.26 Å². The van der Waals surface area contributed by atoms with E-state index in [9.17, 15) is 9.59 Å². The zero-order valence-electron chi connectivity index (χ0n) is 8.09. The summed E-state index contributed by atoms with van der Waals surface area (Å²) < 4.78 is 5.19. The van der Waals surface area contributed by atoms with E-state index in [-0.39, 0.29) is 0 Å². The van der Waals surface area contributed by atoms with Gasteiger partial charge in [0.05, 0.1) is 11.8 Å². The molecule has 0 spiro atoms. The van der Waals surface area contributed by atoms with Crippen LogP contribution in [-0.4, -0.2) is 11.6 Å². The first-order chi connectivity index (χ1) is 6.65. The van der Waals surface area contributed by atoms with Crippen LogP contribution in [0.25, 0.3) is 6.08 Å². The molecule has 0 bridgehead atoms. The number of aryl methyl sites for hydroxylation is 1.